The van der Waals surface area contributed by atoms with Crippen molar-refractivity contribution in [3.63, 3.8) is 0 Å². The molecule has 1 saturated heterocycles. The summed E-state index contributed by atoms with van der Waals surface area (Å²) < 4.78 is -0.107. The minimum Gasteiger partial charge on any atom is -0.391 e. The van der Waals surface area contributed by atoms with E-state index in [0.29, 0.717) is 0 Å². The molecule has 0 spiro atoms. The van der Waals surface area contributed by atoms with Crippen LogP contribution >= 0.6 is 35.3 Å². The molecule has 2 atom stereocenters. The van der Waals surface area contributed by atoms with Crippen LogP contribution < -0.4 is 0 Å². The molecule has 2 nitrogen and oxygen atoms in total. The minimum absolute atomic E-state index is 0.0534. The van der Waals surface area contributed by atoms with Crippen LogP contribution in [0.3, 0.4) is 0 Å². The van der Waals surface area contributed by atoms with Crippen LogP contribution in [0.1, 0.15) is 13.8 Å². The maximum Gasteiger partial charge on any atom is 0.0741 e. The number of allylic oxidation sites excluding steroid dienone is 2. The van der Waals surface area contributed by atoms with Gasteiger partial charge in [-0.1, -0.05) is 0 Å². The molecule has 0 aromatic carbocycles. The summed E-state index contributed by atoms with van der Waals surface area (Å²) in [6.45, 7) is 4.85. The van der Waals surface area contributed by atoms with Crippen LogP contribution in [0.25, 0.3) is 0 Å². The van der Waals surface area contributed by atoms with Gasteiger partial charge in [-0.15, -0.1) is 23.5 Å². The van der Waals surface area contributed by atoms with E-state index < -0.39 is 0 Å². The van der Waals surface area contributed by atoms with E-state index in [1.54, 1.807) is 0 Å². The Kier molecular flexibility index (Phi) is 3.26. The molecular formula is C16H18O2S3. The van der Waals surface area contributed by atoms with Crippen LogP contribution in [0, 0.1) is 0 Å². The van der Waals surface area contributed by atoms with Crippen LogP contribution in [-0.2, 0) is 0 Å². The van der Waals surface area contributed by atoms with E-state index >= 15 is 0 Å². The molecule has 3 heterocycles. The zero-order chi connectivity index (χ0) is 14.8. The zero-order valence-electron chi connectivity index (χ0n) is 12.1. The van der Waals surface area contributed by atoms with Crippen molar-refractivity contribution in [3.8, 4) is 0 Å². The Morgan fingerprint density at radius 3 is 1.71 bits per heavy atom. The van der Waals surface area contributed by atoms with Crippen molar-refractivity contribution in [1.82, 2.24) is 0 Å². The number of fused-ring (bicyclic) bond motifs is 4. The molecule has 4 aliphatic rings. The van der Waals surface area contributed by atoms with Crippen molar-refractivity contribution >= 4 is 35.3 Å². The molecule has 2 N–H and O–H groups in total. The molecule has 5 heteroatoms. The molecule has 1 aliphatic carbocycles. The Hall–Kier alpha value is -0.0700. The standard InChI is InChI=1S/C16H18O2S3/c1-15-13(3-9(5-17)20-15)11-7-19-8-12(11)14-4-10(6-18)21-16(14,15)2/h3-4,17-18H,5-8H2,1-2H3/t15-,16-/m1/s1. The van der Waals surface area contributed by atoms with Crippen LogP contribution in [0.2, 0.25) is 0 Å². The van der Waals surface area contributed by atoms with Gasteiger partial charge in [-0.05, 0) is 48.3 Å². The topological polar surface area (TPSA) is 40.5 Å². The third-order valence-electron chi connectivity index (χ3n) is 5.04. The third kappa shape index (κ3) is 1.73. The van der Waals surface area contributed by atoms with Crippen molar-refractivity contribution in [2.45, 2.75) is 23.3 Å². The average Bonchev–Trinajstić information content (AvgIpc) is 3.13. The van der Waals surface area contributed by atoms with E-state index in [2.05, 4.69) is 26.0 Å². The number of aliphatic hydroxyl groups excluding tert-OH is 2. The summed E-state index contributed by atoms with van der Waals surface area (Å²) in [6.07, 6.45) is 4.43. The van der Waals surface area contributed by atoms with Crippen LogP contribution in [0.5, 0.6) is 0 Å². The van der Waals surface area contributed by atoms with Crippen LogP contribution in [0.15, 0.2) is 44.3 Å². The Labute approximate surface area is 137 Å². The average molecular weight is 339 g/mol. The van der Waals surface area contributed by atoms with Gasteiger partial charge in [0.2, 0.25) is 0 Å². The molecule has 112 valence electrons. The fourth-order valence-corrected chi connectivity index (χ4v) is 7.96. The van der Waals surface area contributed by atoms with Crippen molar-refractivity contribution in [2.24, 2.45) is 0 Å². The fourth-order valence-electron chi connectivity index (χ4n) is 3.82. The number of thioether (sulfide) groups is 3. The molecular weight excluding hydrogens is 320 g/mol. The highest BCUT2D eigenvalue weighted by Crippen LogP contribution is 2.67. The number of hydrogen-bond acceptors (Lipinski definition) is 5. The van der Waals surface area contributed by atoms with Gasteiger partial charge < -0.3 is 10.2 Å². The molecule has 3 aliphatic heterocycles. The number of hydrogen-bond donors (Lipinski definition) is 2. The van der Waals surface area contributed by atoms with E-state index in [-0.39, 0.29) is 22.7 Å². The first-order chi connectivity index (χ1) is 10.0. The summed E-state index contributed by atoms with van der Waals surface area (Å²) in [7, 11) is 0. The van der Waals surface area contributed by atoms with Crippen molar-refractivity contribution in [1.29, 1.82) is 0 Å². The second kappa shape index (κ2) is 4.71. The van der Waals surface area contributed by atoms with Gasteiger partial charge in [0.05, 0.1) is 22.7 Å². The predicted octanol–water partition coefficient (Wildman–Crippen LogP) is 3.10. The minimum atomic E-state index is -0.0534. The Morgan fingerprint density at radius 1 is 0.905 bits per heavy atom. The summed E-state index contributed by atoms with van der Waals surface area (Å²) in [5, 5.41) is 19.2. The van der Waals surface area contributed by atoms with Gasteiger partial charge in [0.15, 0.2) is 0 Å². The Bertz CT molecular complexity index is 602. The highest BCUT2D eigenvalue weighted by molar-refractivity contribution is 8.09. The van der Waals surface area contributed by atoms with Gasteiger partial charge in [-0.3, -0.25) is 0 Å². The lowest BCUT2D eigenvalue weighted by Gasteiger charge is -2.46. The lowest BCUT2D eigenvalue weighted by atomic mass is 9.72. The fraction of sp³-hybridized carbons (Fsp3) is 0.500. The molecule has 0 unspecified atom stereocenters. The van der Waals surface area contributed by atoms with Crippen LogP contribution in [0.4, 0.5) is 0 Å². The quantitative estimate of drug-likeness (QED) is 0.810. The van der Waals surface area contributed by atoms with Crippen molar-refractivity contribution in [3.05, 3.63) is 44.3 Å². The second-order valence-corrected chi connectivity index (χ2v) is 10.2. The van der Waals surface area contributed by atoms with E-state index in [0.717, 1.165) is 21.3 Å². The molecule has 0 aromatic rings. The maximum absolute atomic E-state index is 9.60. The van der Waals surface area contributed by atoms with E-state index in [9.17, 15) is 10.2 Å². The predicted molar refractivity (Wildman–Crippen MR) is 93.7 cm³/mol. The summed E-state index contributed by atoms with van der Waals surface area (Å²) in [4.78, 5) is 2.13. The molecule has 0 saturated carbocycles. The second-order valence-electron chi connectivity index (χ2n) is 6.09. The summed E-state index contributed by atoms with van der Waals surface area (Å²) in [5.41, 5.74) is 5.76. The van der Waals surface area contributed by atoms with Gasteiger partial charge in [-0.2, -0.15) is 11.8 Å². The van der Waals surface area contributed by atoms with Gasteiger partial charge in [0.25, 0.3) is 0 Å². The Morgan fingerprint density at radius 2 is 1.33 bits per heavy atom. The third-order valence-corrected chi connectivity index (χ3v) is 9.24. The summed E-state index contributed by atoms with van der Waals surface area (Å²) in [6, 6.07) is 0. The van der Waals surface area contributed by atoms with Gasteiger partial charge >= 0.3 is 0 Å². The molecule has 21 heavy (non-hydrogen) atoms. The summed E-state index contributed by atoms with van der Waals surface area (Å²) >= 11 is 5.59. The normalized spacial score (nSPS) is 37.5. The lowest BCUT2D eigenvalue weighted by Crippen LogP contribution is -2.47. The largest absolute Gasteiger partial charge is 0.391 e. The number of rotatable bonds is 2. The molecule has 0 bridgehead atoms. The van der Waals surface area contributed by atoms with E-state index in [1.165, 1.54) is 22.3 Å². The zero-order valence-corrected chi connectivity index (χ0v) is 14.6. The smallest absolute Gasteiger partial charge is 0.0741 e. The first kappa shape index (κ1) is 14.5. The van der Waals surface area contributed by atoms with Crippen molar-refractivity contribution < 1.29 is 10.2 Å². The molecule has 0 radical (unpaired) electrons. The molecule has 1 fully saturated rings. The highest BCUT2D eigenvalue weighted by Gasteiger charge is 2.59. The van der Waals surface area contributed by atoms with E-state index in [1.807, 2.05) is 35.3 Å². The van der Waals surface area contributed by atoms with Gasteiger partial charge in [0.1, 0.15) is 0 Å². The lowest BCUT2D eigenvalue weighted by molar-refractivity contribution is 0.339. The Balaban J connectivity index is 1.96. The van der Waals surface area contributed by atoms with Crippen molar-refractivity contribution in [2.75, 3.05) is 24.7 Å². The molecule has 4 rings (SSSR count). The molecule has 0 amide bonds. The summed E-state index contributed by atoms with van der Waals surface area (Å²) in [5.74, 6) is 2.14. The van der Waals surface area contributed by atoms with Crippen LogP contribution in [-0.4, -0.2) is 44.4 Å². The monoisotopic (exact) mass is 338 g/mol. The van der Waals surface area contributed by atoms with Gasteiger partial charge in [-0.25, -0.2) is 0 Å². The first-order valence-corrected chi connectivity index (χ1v) is 9.88. The molecule has 0 aromatic heterocycles. The maximum atomic E-state index is 9.60. The number of aliphatic hydroxyl groups is 2. The SMILES string of the molecule is C[C@@]12SC(CO)=CC1=C1CSCC1=C1C=C(CO)S[C@]12C. The first-order valence-electron chi connectivity index (χ1n) is 7.10. The van der Waals surface area contributed by atoms with E-state index in [4.69, 9.17) is 0 Å². The van der Waals surface area contributed by atoms with Gasteiger partial charge in [0, 0.05) is 21.3 Å². The highest BCUT2D eigenvalue weighted by atomic mass is 32.2.